The Bertz CT molecular complexity index is 894. The van der Waals surface area contributed by atoms with E-state index in [9.17, 15) is 9.59 Å². The fraction of sp³-hybridized carbons (Fsp3) is 0.333. The molecule has 1 heterocycles. The molecule has 1 aliphatic carbocycles. The highest BCUT2D eigenvalue weighted by Gasteiger charge is 2.48. The number of carbonyl (C=O) groups is 2. The van der Waals surface area contributed by atoms with E-state index in [-0.39, 0.29) is 30.4 Å². The van der Waals surface area contributed by atoms with Crippen molar-refractivity contribution in [1.82, 2.24) is 0 Å². The second kappa shape index (κ2) is 6.95. The van der Waals surface area contributed by atoms with Gasteiger partial charge < -0.3 is 20.1 Å². The molecule has 1 saturated carbocycles. The number of rotatable bonds is 5. The summed E-state index contributed by atoms with van der Waals surface area (Å²) in [5.41, 5.74) is 2.55. The lowest BCUT2D eigenvalue weighted by Crippen LogP contribution is -2.21. The number of para-hydroxylation sites is 1. The zero-order valence-corrected chi connectivity index (χ0v) is 15.3. The van der Waals surface area contributed by atoms with Crippen molar-refractivity contribution in [3.05, 3.63) is 48.0 Å². The molecule has 4 rings (SSSR count). The largest absolute Gasteiger partial charge is 0.454 e. The van der Waals surface area contributed by atoms with Gasteiger partial charge in [-0.15, -0.1) is 0 Å². The van der Waals surface area contributed by atoms with Crippen molar-refractivity contribution in [3.8, 4) is 11.5 Å². The summed E-state index contributed by atoms with van der Waals surface area (Å²) >= 11 is 0. The lowest BCUT2D eigenvalue weighted by molar-refractivity contribution is -0.122. The van der Waals surface area contributed by atoms with E-state index in [4.69, 9.17) is 9.47 Å². The molecule has 2 aromatic carbocycles. The van der Waals surface area contributed by atoms with Gasteiger partial charge in [0.1, 0.15) is 0 Å². The lowest BCUT2D eigenvalue weighted by Gasteiger charge is -2.13. The average Bonchev–Trinajstić information content (AvgIpc) is 3.33. The van der Waals surface area contributed by atoms with Crippen LogP contribution in [-0.2, 0) is 9.59 Å². The Hall–Kier alpha value is -3.02. The smallest absolute Gasteiger partial charge is 0.231 e. The zero-order valence-electron chi connectivity index (χ0n) is 15.3. The Morgan fingerprint density at radius 2 is 1.67 bits per heavy atom. The first kappa shape index (κ1) is 17.4. The van der Waals surface area contributed by atoms with Crippen LogP contribution in [0.2, 0.25) is 0 Å². The first-order valence-electron chi connectivity index (χ1n) is 9.13. The van der Waals surface area contributed by atoms with E-state index < -0.39 is 0 Å². The Labute approximate surface area is 157 Å². The number of anilines is 2. The molecule has 1 fully saturated rings. The highest BCUT2D eigenvalue weighted by molar-refractivity contribution is 6.03. The minimum atomic E-state index is -0.304. The van der Waals surface area contributed by atoms with Gasteiger partial charge in [0.05, 0.1) is 11.8 Å². The number of hydrogen-bond donors (Lipinski definition) is 2. The van der Waals surface area contributed by atoms with Gasteiger partial charge in [0.25, 0.3) is 0 Å². The number of benzene rings is 2. The summed E-state index contributed by atoms with van der Waals surface area (Å²) in [5.74, 6) is 0.746. The maximum atomic E-state index is 12.5. The van der Waals surface area contributed by atoms with Crippen LogP contribution in [0.1, 0.15) is 31.7 Å². The molecule has 2 aliphatic rings. The quantitative estimate of drug-likeness (QED) is 0.845. The van der Waals surface area contributed by atoms with Crippen LogP contribution in [0, 0.1) is 11.8 Å². The van der Waals surface area contributed by atoms with Crippen LogP contribution in [0.3, 0.4) is 0 Å². The first-order chi connectivity index (χ1) is 13.0. The third kappa shape index (κ3) is 3.60. The molecule has 0 saturated heterocycles. The molecule has 140 valence electrons. The van der Waals surface area contributed by atoms with E-state index in [0.717, 1.165) is 11.3 Å². The molecule has 2 N–H and O–H groups in total. The molecule has 27 heavy (non-hydrogen) atoms. The van der Waals surface area contributed by atoms with Crippen molar-refractivity contribution < 1.29 is 19.1 Å². The standard InChI is InChI=1S/C21H22N2O4/c1-12(2)14-5-3-4-6-17(14)23-21(25)16-10-15(16)20(24)22-13-7-8-18-19(9-13)27-11-26-18/h3-9,12,15-16H,10-11H2,1-2H3,(H,22,24)(H,23,25). The molecule has 0 spiro atoms. The molecule has 0 bridgehead atoms. The number of amides is 2. The summed E-state index contributed by atoms with van der Waals surface area (Å²) in [6, 6.07) is 13.0. The van der Waals surface area contributed by atoms with Gasteiger partial charge in [-0.2, -0.15) is 0 Å². The van der Waals surface area contributed by atoms with Crippen LogP contribution in [0.15, 0.2) is 42.5 Å². The summed E-state index contributed by atoms with van der Waals surface area (Å²) in [7, 11) is 0. The molecule has 1 aliphatic heterocycles. The fourth-order valence-corrected chi connectivity index (χ4v) is 3.32. The predicted molar refractivity (Wildman–Crippen MR) is 102 cm³/mol. The highest BCUT2D eigenvalue weighted by Crippen LogP contribution is 2.41. The Morgan fingerprint density at radius 1 is 0.963 bits per heavy atom. The van der Waals surface area contributed by atoms with Crippen molar-refractivity contribution in [3.63, 3.8) is 0 Å². The molecule has 6 heteroatoms. The SMILES string of the molecule is CC(C)c1ccccc1NC(=O)C1CC1C(=O)Nc1ccc2c(c1)OCO2. The third-order valence-electron chi connectivity index (χ3n) is 4.94. The molecular weight excluding hydrogens is 344 g/mol. The highest BCUT2D eigenvalue weighted by atomic mass is 16.7. The van der Waals surface area contributed by atoms with Crippen molar-refractivity contribution in [2.75, 3.05) is 17.4 Å². The normalized spacial score (nSPS) is 19.7. The summed E-state index contributed by atoms with van der Waals surface area (Å²) in [4.78, 5) is 25.0. The van der Waals surface area contributed by atoms with E-state index >= 15 is 0 Å². The number of hydrogen-bond acceptors (Lipinski definition) is 4. The third-order valence-corrected chi connectivity index (χ3v) is 4.94. The molecular formula is C21H22N2O4. The van der Waals surface area contributed by atoms with Crippen molar-refractivity contribution >= 4 is 23.2 Å². The van der Waals surface area contributed by atoms with E-state index in [1.54, 1.807) is 18.2 Å². The van der Waals surface area contributed by atoms with E-state index in [1.165, 1.54) is 0 Å². The molecule has 0 radical (unpaired) electrons. The molecule has 2 unspecified atom stereocenters. The molecule has 2 atom stereocenters. The molecule has 6 nitrogen and oxygen atoms in total. The second-order valence-corrected chi connectivity index (χ2v) is 7.24. The van der Waals surface area contributed by atoms with Crippen molar-refractivity contribution in [2.45, 2.75) is 26.2 Å². The van der Waals surface area contributed by atoms with Gasteiger partial charge in [-0.05, 0) is 36.1 Å². The van der Waals surface area contributed by atoms with Crippen molar-refractivity contribution in [2.24, 2.45) is 11.8 Å². The summed E-state index contributed by atoms with van der Waals surface area (Å²) in [6.07, 6.45) is 0.562. The first-order valence-corrected chi connectivity index (χ1v) is 9.13. The van der Waals surface area contributed by atoms with Gasteiger partial charge >= 0.3 is 0 Å². The van der Waals surface area contributed by atoms with Crippen molar-refractivity contribution in [1.29, 1.82) is 0 Å². The number of ether oxygens (including phenoxy) is 2. The molecule has 2 amide bonds. The number of fused-ring (bicyclic) bond motifs is 1. The van der Waals surface area contributed by atoms with Crippen LogP contribution in [0.25, 0.3) is 0 Å². The van der Waals surface area contributed by atoms with Crippen LogP contribution in [-0.4, -0.2) is 18.6 Å². The summed E-state index contributed by atoms with van der Waals surface area (Å²) in [5, 5.41) is 5.84. The average molecular weight is 366 g/mol. The number of carbonyl (C=O) groups excluding carboxylic acids is 2. The van der Waals surface area contributed by atoms with Crippen LogP contribution in [0.4, 0.5) is 11.4 Å². The van der Waals surface area contributed by atoms with Gasteiger partial charge in [0, 0.05) is 17.4 Å². The molecule has 2 aromatic rings. The molecule has 0 aromatic heterocycles. The van der Waals surface area contributed by atoms with Crippen LogP contribution in [0.5, 0.6) is 11.5 Å². The van der Waals surface area contributed by atoms with Gasteiger partial charge in [-0.25, -0.2) is 0 Å². The van der Waals surface area contributed by atoms with Gasteiger partial charge in [0.15, 0.2) is 11.5 Å². The lowest BCUT2D eigenvalue weighted by atomic mass is 10.0. The minimum Gasteiger partial charge on any atom is -0.454 e. The maximum absolute atomic E-state index is 12.5. The van der Waals surface area contributed by atoms with Crippen LogP contribution >= 0.6 is 0 Å². The second-order valence-electron chi connectivity index (χ2n) is 7.24. The summed E-state index contributed by atoms with van der Waals surface area (Å²) in [6.45, 7) is 4.36. The number of nitrogens with one attached hydrogen (secondary N) is 2. The topological polar surface area (TPSA) is 76.7 Å². The van der Waals surface area contributed by atoms with E-state index in [2.05, 4.69) is 24.5 Å². The van der Waals surface area contributed by atoms with Gasteiger partial charge in [-0.1, -0.05) is 32.0 Å². The minimum absolute atomic E-state index is 0.103. The monoisotopic (exact) mass is 366 g/mol. The van der Waals surface area contributed by atoms with Gasteiger partial charge in [0.2, 0.25) is 18.6 Å². The zero-order chi connectivity index (χ0) is 19.0. The summed E-state index contributed by atoms with van der Waals surface area (Å²) < 4.78 is 10.6. The van der Waals surface area contributed by atoms with Gasteiger partial charge in [-0.3, -0.25) is 9.59 Å². The Kier molecular flexibility index (Phi) is 4.48. The van der Waals surface area contributed by atoms with Crippen LogP contribution < -0.4 is 20.1 Å². The van der Waals surface area contributed by atoms with E-state index in [1.807, 2.05) is 24.3 Å². The predicted octanol–water partition coefficient (Wildman–Crippen LogP) is 3.75. The Morgan fingerprint density at radius 3 is 2.44 bits per heavy atom. The van der Waals surface area contributed by atoms with E-state index in [0.29, 0.717) is 29.5 Å². The maximum Gasteiger partial charge on any atom is 0.231 e. The Balaban J connectivity index is 1.36. The fourth-order valence-electron chi connectivity index (χ4n) is 3.32.